The average Bonchev–Trinajstić information content (AvgIpc) is 2.52. The van der Waals surface area contributed by atoms with Crippen molar-refractivity contribution in [3.05, 3.63) is 0 Å². The quantitative estimate of drug-likeness (QED) is 0.298. The summed E-state index contributed by atoms with van der Waals surface area (Å²) >= 11 is 0. The molecule has 2 heteroatoms. The van der Waals surface area contributed by atoms with E-state index in [2.05, 4.69) is 67.3 Å². The minimum atomic E-state index is 0. The first-order valence-electron chi connectivity index (χ1n) is 9.50. The van der Waals surface area contributed by atoms with Crippen molar-refractivity contribution < 1.29 is 0 Å². The van der Waals surface area contributed by atoms with Gasteiger partial charge in [0.05, 0.1) is 0 Å². The van der Waals surface area contributed by atoms with E-state index in [0.717, 1.165) is 13.0 Å². The second-order valence-electron chi connectivity index (χ2n) is 5.73. The summed E-state index contributed by atoms with van der Waals surface area (Å²) in [6.07, 6.45) is 12.3. The predicted molar refractivity (Wildman–Crippen MR) is 111 cm³/mol. The first kappa shape index (κ1) is 33.9. The Labute approximate surface area is 161 Å². The summed E-state index contributed by atoms with van der Waals surface area (Å²) in [5, 5.41) is 0. The van der Waals surface area contributed by atoms with Crippen LogP contribution in [-0.2, 0) is 0 Å². The summed E-state index contributed by atoms with van der Waals surface area (Å²) in [6, 6.07) is 0. The maximum Gasteiger partial charge on any atom is 0.0408 e. The standard InChI is InChI=1S/C8H17N.3C4H10.Sn/c1-4-5-6-9-7-8(2)3;3*1-3-4-2;/h6,8H,4-5,7H2,1-3H3;3*3-4H2,1-2H3;. The summed E-state index contributed by atoms with van der Waals surface area (Å²) in [5.41, 5.74) is 0. The number of nitrogens with zero attached hydrogens (tertiary/aromatic N) is 1. The van der Waals surface area contributed by atoms with Gasteiger partial charge < -0.3 is 0 Å². The second-order valence-corrected chi connectivity index (χ2v) is 5.73. The zero-order chi connectivity index (χ0) is 17.4. The van der Waals surface area contributed by atoms with E-state index in [1.54, 1.807) is 0 Å². The van der Waals surface area contributed by atoms with Gasteiger partial charge in [0.1, 0.15) is 0 Å². The fourth-order valence-electron chi connectivity index (χ4n) is 0.506. The minimum absolute atomic E-state index is 0. The van der Waals surface area contributed by atoms with Crippen LogP contribution in [0.3, 0.4) is 0 Å². The van der Waals surface area contributed by atoms with Crippen molar-refractivity contribution in [3.8, 4) is 0 Å². The van der Waals surface area contributed by atoms with Crippen LogP contribution in [-0.4, -0.2) is 36.7 Å². The van der Waals surface area contributed by atoms with Crippen molar-refractivity contribution >= 4 is 30.1 Å². The van der Waals surface area contributed by atoms with E-state index in [1.807, 2.05) is 6.21 Å². The molecule has 0 saturated carbocycles. The molecule has 0 atom stereocenters. The average molecular weight is 420 g/mol. The summed E-state index contributed by atoms with van der Waals surface area (Å²) in [7, 11) is 0. The van der Waals surface area contributed by atoms with E-state index < -0.39 is 0 Å². The Morgan fingerprint density at radius 2 is 0.955 bits per heavy atom. The van der Waals surface area contributed by atoms with E-state index in [9.17, 15) is 0 Å². The summed E-state index contributed by atoms with van der Waals surface area (Å²) < 4.78 is 0. The largest absolute Gasteiger partial charge is 0.297 e. The van der Waals surface area contributed by atoms with Gasteiger partial charge in [-0.1, -0.05) is 107 Å². The fraction of sp³-hybridized carbons (Fsp3) is 0.950. The normalized spacial score (nSPS) is 8.82. The molecule has 0 aliphatic carbocycles. The SMILES string of the molecule is CCCC.CCCC.CCCC.CCCC=NCC(C)C.[Sn]. The van der Waals surface area contributed by atoms with Gasteiger partial charge in [0.25, 0.3) is 0 Å². The molecule has 0 amide bonds. The van der Waals surface area contributed by atoms with E-state index in [4.69, 9.17) is 0 Å². The van der Waals surface area contributed by atoms with Gasteiger partial charge in [-0.25, -0.2) is 0 Å². The third-order valence-electron chi connectivity index (χ3n) is 2.52. The second kappa shape index (κ2) is 43.0. The van der Waals surface area contributed by atoms with E-state index in [1.165, 1.54) is 44.9 Å². The molecule has 0 unspecified atom stereocenters. The molecule has 0 aromatic carbocycles. The Bertz CT molecular complexity index is 129. The number of unbranched alkanes of at least 4 members (excludes halogenated alkanes) is 4. The maximum atomic E-state index is 4.24. The minimum Gasteiger partial charge on any atom is -0.297 e. The molecule has 4 radical (unpaired) electrons. The molecule has 0 aliphatic rings. The molecule has 0 rings (SSSR count). The Hall–Kier alpha value is 0.469. The third-order valence-corrected chi connectivity index (χ3v) is 2.52. The Kier molecular flexibility index (Phi) is 66.3. The van der Waals surface area contributed by atoms with Gasteiger partial charge in [-0.15, -0.1) is 0 Å². The molecule has 0 aromatic heterocycles. The van der Waals surface area contributed by atoms with Gasteiger partial charge in [-0.3, -0.25) is 4.99 Å². The van der Waals surface area contributed by atoms with Crippen LogP contribution >= 0.6 is 0 Å². The molecule has 0 heterocycles. The zero-order valence-corrected chi connectivity index (χ0v) is 20.3. The van der Waals surface area contributed by atoms with Crippen molar-refractivity contribution in [1.82, 2.24) is 0 Å². The first-order valence-corrected chi connectivity index (χ1v) is 9.50. The van der Waals surface area contributed by atoms with Crippen molar-refractivity contribution in [3.63, 3.8) is 0 Å². The maximum absolute atomic E-state index is 4.24. The van der Waals surface area contributed by atoms with Gasteiger partial charge >= 0.3 is 0 Å². The van der Waals surface area contributed by atoms with E-state index >= 15 is 0 Å². The van der Waals surface area contributed by atoms with E-state index in [0.29, 0.717) is 5.92 Å². The van der Waals surface area contributed by atoms with Crippen molar-refractivity contribution in [1.29, 1.82) is 0 Å². The first-order chi connectivity index (χ1) is 10.0. The fourth-order valence-corrected chi connectivity index (χ4v) is 0.506. The predicted octanol–water partition coefficient (Wildman–Crippen LogP) is 7.55. The van der Waals surface area contributed by atoms with Crippen LogP contribution in [0, 0.1) is 5.92 Å². The summed E-state index contributed by atoms with van der Waals surface area (Å²) in [5.74, 6) is 0.707. The smallest absolute Gasteiger partial charge is 0.0408 e. The monoisotopic (exact) mass is 421 g/mol. The molecule has 0 fully saturated rings. The molecular weight excluding hydrogens is 373 g/mol. The number of aliphatic imine (C=N–C) groups is 1. The van der Waals surface area contributed by atoms with Gasteiger partial charge in [-0.05, 0) is 18.6 Å². The molecule has 0 bridgehead atoms. The molecule has 0 spiro atoms. The molecule has 0 N–H and O–H groups in total. The number of rotatable bonds is 7. The van der Waals surface area contributed by atoms with Gasteiger partial charge in [0.2, 0.25) is 0 Å². The van der Waals surface area contributed by atoms with Gasteiger partial charge in [0, 0.05) is 30.5 Å². The molecule has 0 aliphatic heterocycles. The van der Waals surface area contributed by atoms with Crippen LogP contribution in [0.5, 0.6) is 0 Å². The van der Waals surface area contributed by atoms with E-state index in [-0.39, 0.29) is 23.9 Å². The van der Waals surface area contributed by atoms with Crippen molar-refractivity contribution in [2.45, 2.75) is 114 Å². The molecule has 1 nitrogen and oxygen atoms in total. The third kappa shape index (κ3) is 86.5. The molecule has 0 aromatic rings. The molecule has 136 valence electrons. The van der Waals surface area contributed by atoms with Crippen LogP contribution in [0.2, 0.25) is 0 Å². The van der Waals surface area contributed by atoms with Crippen LogP contribution in [0.1, 0.15) is 114 Å². The summed E-state index contributed by atoms with van der Waals surface area (Å²) in [4.78, 5) is 4.24. The van der Waals surface area contributed by atoms with Gasteiger partial charge in [0.15, 0.2) is 0 Å². The van der Waals surface area contributed by atoms with Crippen LogP contribution in [0.15, 0.2) is 4.99 Å². The van der Waals surface area contributed by atoms with Crippen LogP contribution in [0.25, 0.3) is 0 Å². The Balaban J connectivity index is -0.0000000632. The van der Waals surface area contributed by atoms with Crippen LogP contribution < -0.4 is 0 Å². The Morgan fingerprint density at radius 3 is 1.14 bits per heavy atom. The Morgan fingerprint density at radius 1 is 0.636 bits per heavy atom. The molecular formula is C20H47NSn. The topological polar surface area (TPSA) is 12.4 Å². The van der Waals surface area contributed by atoms with Gasteiger partial charge in [-0.2, -0.15) is 0 Å². The van der Waals surface area contributed by atoms with Crippen molar-refractivity contribution in [2.24, 2.45) is 10.9 Å². The molecule has 22 heavy (non-hydrogen) atoms. The van der Waals surface area contributed by atoms with Crippen LogP contribution in [0.4, 0.5) is 0 Å². The number of hydrogen-bond acceptors (Lipinski definition) is 1. The summed E-state index contributed by atoms with van der Waals surface area (Å²) in [6.45, 7) is 20.6. The number of hydrogen-bond donors (Lipinski definition) is 0. The van der Waals surface area contributed by atoms with Crippen molar-refractivity contribution in [2.75, 3.05) is 6.54 Å². The zero-order valence-electron chi connectivity index (χ0n) is 17.5. The molecule has 0 saturated heterocycles.